The fraction of sp³-hybridized carbons (Fsp3) is 0.942. The molecular formula is C69H134O17P2. The second kappa shape index (κ2) is 60.0. The van der Waals surface area contributed by atoms with E-state index in [0.717, 1.165) is 102 Å². The molecule has 0 fully saturated rings. The second-order valence-corrected chi connectivity index (χ2v) is 29.0. The number of rotatable bonds is 67. The first kappa shape index (κ1) is 86.1. The topological polar surface area (TPSA) is 237 Å². The molecule has 0 bridgehead atoms. The lowest BCUT2D eigenvalue weighted by atomic mass is 9.99. The summed E-state index contributed by atoms with van der Waals surface area (Å²) in [4.78, 5) is 72.4. The van der Waals surface area contributed by atoms with Crippen LogP contribution in [0.1, 0.15) is 344 Å². The molecule has 17 nitrogen and oxygen atoms in total. The van der Waals surface area contributed by atoms with Gasteiger partial charge in [0, 0.05) is 25.7 Å². The van der Waals surface area contributed by atoms with E-state index in [4.69, 9.17) is 37.0 Å². The van der Waals surface area contributed by atoms with Gasteiger partial charge >= 0.3 is 39.5 Å². The van der Waals surface area contributed by atoms with Gasteiger partial charge < -0.3 is 33.8 Å². The van der Waals surface area contributed by atoms with Crippen LogP contribution < -0.4 is 0 Å². The molecule has 0 aromatic carbocycles. The fourth-order valence-corrected chi connectivity index (χ4v) is 11.9. The minimum Gasteiger partial charge on any atom is -0.462 e. The smallest absolute Gasteiger partial charge is 0.462 e. The van der Waals surface area contributed by atoms with Crippen molar-refractivity contribution in [1.82, 2.24) is 0 Å². The maximum Gasteiger partial charge on any atom is 0.472 e. The van der Waals surface area contributed by atoms with Gasteiger partial charge in [-0.1, -0.05) is 292 Å². The van der Waals surface area contributed by atoms with Crippen molar-refractivity contribution in [3.05, 3.63) is 0 Å². The van der Waals surface area contributed by atoms with Crippen LogP contribution in [0.3, 0.4) is 0 Å². The van der Waals surface area contributed by atoms with E-state index in [1.807, 2.05) is 0 Å². The van der Waals surface area contributed by atoms with Gasteiger partial charge in [-0.25, -0.2) is 9.13 Å². The molecule has 0 saturated carbocycles. The van der Waals surface area contributed by atoms with Crippen molar-refractivity contribution in [1.29, 1.82) is 0 Å². The number of phosphoric acid groups is 2. The zero-order valence-electron chi connectivity index (χ0n) is 57.2. The molecule has 0 rings (SSSR count). The Morgan fingerprint density at radius 1 is 0.330 bits per heavy atom. The molecule has 0 aromatic heterocycles. The van der Waals surface area contributed by atoms with Gasteiger partial charge in [-0.2, -0.15) is 0 Å². The minimum absolute atomic E-state index is 0.102. The van der Waals surface area contributed by atoms with Crippen LogP contribution in [-0.2, 0) is 65.4 Å². The van der Waals surface area contributed by atoms with E-state index in [-0.39, 0.29) is 25.7 Å². The second-order valence-electron chi connectivity index (χ2n) is 26.1. The molecule has 3 unspecified atom stereocenters. The summed E-state index contributed by atoms with van der Waals surface area (Å²) >= 11 is 0. The van der Waals surface area contributed by atoms with Crippen molar-refractivity contribution in [2.75, 3.05) is 39.6 Å². The fourth-order valence-electron chi connectivity index (χ4n) is 10.3. The monoisotopic (exact) mass is 1300 g/mol. The van der Waals surface area contributed by atoms with Gasteiger partial charge in [0.1, 0.15) is 19.3 Å². The van der Waals surface area contributed by atoms with Crippen molar-refractivity contribution in [3.63, 3.8) is 0 Å². The van der Waals surface area contributed by atoms with Gasteiger partial charge in [0.15, 0.2) is 12.2 Å². The number of hydrogen-bond donors (Lipinski definition) is 3. The quantitative estimate of drug-likeness (QED) is 0.0222. The van der Waals surface area contributed by atoms with Crippen LogP contribution >= 0.6 is 15.6 Å². The number of ether oxygens (including phenoxy) is 4. The van der Waals surface area contributed by atoms with Gasteiger partial charge in [0.05, 0.1) is 26.4 Å². The van der Waals surface area contributed by atoms with E-state index < -0.39 is 97.5 Å². The molecule has 0 saturated heterocycles. The summed E-state index contributed by atoms with van der Waals surface area (Å²) in [6.07, 6.45) is 43.3. The largest absolute Gasteiger partial charge is 0.472 e. The lowest BCUT2D eigenvalue weighted by molar-refractivity contribution is -0.161. The molecule has 0 aromatic rings. The third-order valence-corrected chi connectivity index (χ3v) is 18.1. The number of unbranched alkanes of at least 4 members (excludes halogenated alkanes) is 34. The number of aliphatic hydroxyl groups is 1. The van der Waals surface area contributed by atoms with Crippen molar-refractivity contribution in [2.45, 2.75) is 362 Å². The summed E-state index contributed by atoms with van der Waals surface area (Å²) in [5.41, 5.74) is 0. The number of phosphoric ester groups is 2. The Hall–Kier alpha value is -1.94. The predicted octanol–water partition coefficient (Wildman–Crippen LogP) is 19.5. The molecular weight excluding hydrogens is 1160 g/mol. The Morgan fingerprint density at radius 3 is 0.864 bits per heavy atom. The Bertz CT molecular complexity index is 1730. The normalized spacial score (nSPS) is 14.5. The van der Waals surface area contributed by atoms with Crippen molar-refractivity contribution >= 4 is 39.5 Å². The molecule has 0 aliphatic heterocycles. The average molecular weight is 1300 g/mol. The van der Waals surface area contributed by atoms with Gasteiger partial charge in [-0.15, -0.1) is 0 Å². The summed E-state index contributed by atoms with van der Waals surface area (Å²) in [6.45, 7) is 11.7. The zero-order chi connectivity index (χ0) is 65.2. The predicted molar refractivity (Wildman–Crippen MR) is 354 cm³/mol. The maximum absolute atomic E-state index is 13.0. The van der Waals surface area contributed by atoms with E-state index in [9.17, 15) is 43.2 Å². The van der Waals surface area contributed by atoms with E-state index in [1.165, 1.54) is 148 Å². The van der Waals surface area contributed by atoms with Crippen LogP contribution in [0.25, 0.3) is 0 Å². The van der Waals surface area contributed by atoms with Crippen molar-refractivity contribution < 1.29 is 80.2 Å². The first-order valence-corrected chi connectivity index (χ1v) is 38.9. The molecule has 0 heterocycles. The SMILES string of the molecule is CCCCCCCCCCCCCCCCCCCC(=O)O[C@H](COC(=O)CCCCCCCCCCC(C)CC)COP(=O)(O)OC[C@@H](O)COP(=O)(O)OC[C@@H](COC(=O)CCCCCCCCC(C)C)OC(=O)CCCCCCCCCC(C)C. The summed E-state index contributed by atoms with van der Waals surface area (Å²) in [6, 6.07) is 0. The Kier molecular flexibility index (Phi) is 58.7. The third-order valence-electron chi connectivity index (χ3n) is 16.2. The number of aliphatic hydroxyl groups excluding tert-OH is 1. The Morgan fingerprint density at radius 2 is 0.580 bits per heavy atom. The van der Waals surface area contributed by atoms with E-state index in [1.54, 1.807) is 0 Å². The highest BCUT2D eigenvalue weighted by Crippen LogP contribution is 2.45. The highest BCUT2D eigenvalue weighted by atomic mass is 31.2. The first-order valence-electron chi connectivity index (χ1n) is 35.9. The molecule has 0 spiro atoms. The Balaban J connectivity index is 5.23. The molecule has 19 heteroatoms. The van der Waals surface area contributed by atoms with Crippen LogP contribution in [0.2, 0.25) is 0 Å². The summed E-state index contributed by atoms with van der Waals surface area (Å²) in [5.74, 6) is 0.0205. The summed E-state index contributed by atoms with van der Waals surface area (Å²) in [7, 11) is -9.90. The molecule has 0 aliphatic rings. The Labute approximate surface area is 537 Å². The van der Waals surface area contributed by atoms with Crippen LogP contribution in [0.4, 0.5) is 0 Å². The summed E-state index contributed by atoms with van der Waals surface area (Å²) in [5, 5.41) is 10.6. The minimum atomic E-state index is -4.95. The van der Waals surface area contributed by atoms with Gasteiger partial charge in [0.2, 0.25) is 0 Å². The number of carbonyl (C=O) groups is 4. The van der Waals surface area contributed by atoms with Crippen LogP contribution in [0, 0.1) is 17.8 Å². The lowest BCUT2D eigenvalue weighted by Gasteiger charge is -2.21. The van der Waals surface area contributed by atoms with E-state index in [2.05, 4.69) is 48.5 Å². The van der Waals surface area contributed by atoms with Crippen LogP contribution in [-0.4, -0.2) is 96.7 Å². The van der Waals surface area contributed by atoms with Crippen molar-refractivity contribution in [3.8, 4) is 0 Å². The molecule has 522 valence electrons. The lowest BCUT2D eigenvalue weighted by Crippen LogP contribution is -2.30. The van der Waals surface area contributed by atoms with Crippen LogP contribution in [0.15, 0.2) is 0 Å². The highest BCUT2D eigenvalue weighted by molar-refractivity contribution is 7.47. The molecule has 3 N–H and O–H groups in total. The van der Waals surface area contributed by atoms with Crippen LogP contribution in [0.5, 0.6) is 0 Å². The first-order chi connectivity index (χ1) is 42.3. The number of esters is 4. The number of carbonyl (C=O) groups excluding carboxylic acids is 4. The van der Waals surface area contributed by atoms with Gasteiger partial charge in [-0.3, -0.25) is 37.3 Å². The maximum atomic E-state index is 13.0. The third kappa shape index (κ3) is 61.6. The molecule has 6 atom stereocenters. The average Bonchev–Trinajstić information content (AvgIpc) is 3.53. The highest BCUT2D eigenvalue weighted by Gasteiger charge is 2.30. The van der Waals surface area contributed by atoms with Gasteiger partial charge in [0.25, 0.3) is 0 Å². The molecule has 0 aliphatic carbocycles. The molecule has 0 amide bonds. The molecule has 88 heavy (non-hydrogen) atoms. The number of hydrogen-bond acceptors (Lipinski definition) is 15. The van der Waals surface area contributed by atoms with E-state index >= 15 is 0 Å². The standard InChI is InChI=1S/C69H134O17P2/c1-8-10-11-12-13-14-15-16-17-18-19-20-21-22-29-38-45-52-68(73)85-64(56-79-66(71)50-43-36-28-24-23-27-35-42-49-62(7)9-2)58-83-87(75,76)81-54-63(70)55-82-88(77,78)84-59-65(57-80-67(72)51-44-37-32-31-34-41-48-61(5)6)86-69(74)53-46-39-30-25-26-33-40-47-60(3)4/h60-65,70H,8-59H2,1-7H3,(H,75,76)(H,77,78)/t62?,63-,64-,65-/m1/s1. The van der Waals surface area contributed by atoms with Crippen molar-refractivity contribution in [2.24, 2.45) is 17.8 Å². The zero-order valence-corrected chi connectivity index (χ0v) is 59.0. The molecule has 0 radical (unpaired) electrons. The van der Waals surface area contributed by atoms with Gasteiger partial charge in [-0.05, 0) is 43.4 Å². The summed E-state index contributed by atoms with van der Waals surface area (Å²) < 4.78 is 68.2. The van der Waals surface area contributed by atoms with E-state index in [0.29, 0.717) is 37.5 Å².